The minimum atomic E-state index is -0.985. The fraction of sp³-hybridized carbons (Fsp3) is 0.462. The van der Waals surface area contributed by atoms with E-state index in [1.807, 2.05) is 9.78 Å². The smallest absolute Gasteiger partial charge is 0.326 e. The first kappa shape index (κ1) is 14.0. The molecule has 3 rings (SSSR count). The molecule has 3 heterocycles. The summed E-state index contributed by atoms with van der Waals surface area (Å²) in [5.41, 5.74) is 0.822. The number of carbonyl (C=O) groups is 2. The zero-order valence-corrected chi connectivity index (χ0v) is 12.2. The molecule has 0 bridgehead atoms. The number of nitrogens with zero attached hydrogens (tertiary/aromatic N) is 3. The van der Waals surface area contributed by atoms with Crippen LogP contribution in [-0.2, 0) is 20.7 Å². The van der Waals surface area contributed by atoms with Gasteiger partial charge >= 0.3 is 5.97 Å². The lowest BCUT2D eigenvalue weighted by molar-refractivity contribution is -0.148. The summed E-state index contributed by atoms with van der Waals surface area (Å²) in [7, 11) is 1.53. The molecule has 0 aliphatic carbocycles. The van der Waals surface area contributed by atoms with Crippen molar-refractivity contribution in [2.24, 2.45) is 0 Å². The van der Waals surface area contributed by atoms with Crippen molar-refractivity contribution in [3.63, 3.8) is 0 Å². The van der Waals surface area contributed by atoms with Crippen LogP contribution in [0.25, 0.3) is 4.96 Å². The molecule has 1 amide bonds. The lowest BCUT2D eigenvalue weighted by atomic mass is 10.2. The minimum Gasteiger partial charge on any atom is -0.480 e. The summed E-state index contributed by atoms with van der Waals surface area (Å²) in [6, 6.07) is -0.806. The number of hydrogen-bond acceptors (Lipinski definition) is 5. The summed E-state index contributed by atoms with van der Waals surface area (Å²) in [5, 5.41) is 11.1. The molecule has 1 N–H and O–H groups in total. The number of fused-ring (bicyclic) bond motifs is 1. The van der Waals surface area contributed by atoms with Crippen LogP contribution in [0.3, 0.4) is 0 Å². The van der Waals surface area contributed by atoms with Gasteiger partial charge in [-0.1, -0.05) is 0 Å². The second-order valence-electron chi connectivity index (χ2n) is 4.98. The highest BCUT2D eigenvalue weighted by molar-refractivity contribution is 7.15. The van der Waals surface area contributed by atoms with Gasteiger partial charge in [0.05, 0.1) is 12.5 Å². The normalized spacial score (nSPS) is 22.0. The van der Waals surface area contributed by atoms with Crippen molar-refractivity contribution in [3.05, 3.63) is 23.5 Å². The number of carbonyl (C=O) groups excluding carboxylic acids is 1. The topological polar surface area (TPSA) is 84.1 Å². The van der Waals surface area contributed by atoms with Crippen molar-refractivity contribution >= 4 is 28.2 Å². The maximum atomic E-state index is 12.4. The average Bonchev–Trinajstić information content (AvgIpc) is 3.13. The molecule has 21 heavy (non-hydrogen) atoms. The van der Waals surface area contributed by atoms with Crippen LogP contribution in [0.4, 0.5) is 0 Å². The maximum absolute atomic E-state index is 12.4. The molecule has 2 aromatic rings. The Morgan fingerprint density at radius 1 is 1.57 bits per heavy atom. The van der Waals surface area contributed by atoms with E-state index in [0.717, 1.165) is 10.7 Å². The van der Waals surface area contributed by atoms with E-state index < -0.39 is 12.0 Å². The van der Waals surface area contributed by atoms with Crippen LogP contribution >= 0.6 is 11.3 Å². The number of hydrogen-bond donors (Lipinski definition) is 1. The van der Waals surface area contributed by atoms with Gasteiger partial charge in [-0.05, 0) is 0 Å². The molecule has 1 aliphatic heterocycles. The molecular weight excluding hydrogens is 294 g/mol. The molecule has 0 saturated carbocycles. The molecule has 0 spiro atoms. The van der Waals surface area contributed by atoms with Gasteiger partial charge in [-0.25, -0.2) is 9.78 Å². The number of methoxy groups -OCH3 is 1. The predicted molar refractivity (Wildman–Crippen MR) is 75.3 cm³/mol. The Morgan fingerprint density at radius 2 is 2.38 bits per heavy atom. The van der Waals surface area contributed by atoms with Gasteiger partial charge in [-0.15, -0.1) is 11.3 Å². The van der Waals surface area contributed by atoms with Gasteiger partial charge in [0.25, 0.3) is 0 Å². The number of aromatic nitrogens is 2. The summed E-state index contributed by atoms with van der Waals surface area (Å²) in [4.78, 5) is 30.1. The number of carboxylic acid groups (broad SMARTS) is 1. The molecule has 1 saturated heterocycles. The van der Waals surface area contributed by atoms with E-state index in [0.29, 0.717) is 13.0 Å². The summed E-state index contributed by atoms with van der Waals surface area (Å²) in [6.45, 7) is 0.323. The van der Waals surface area contributed by atoms with Crippen LogP contribution in [0.5, 0.6) is 0 Å². The first-order valence-corrected chi connectivity index (χ1v) is 7.42. The van der Waals surface area contributed by atoms with Gasteiger partial charge in [0, 0.05) is 43.5 Å². The van der Waals surface area contributed by atoms with Crippen molar-refractivity contribution in [3.8, 4) is 0 Å². The van der Waals surface area contributed by atoms with E-state index in [2.05, 4.69) is 4.98 Å². The Kier molecular flexibility index (Phi) is 3.64. The third-order valence-electron chi connectivity index (χ3n) is 3.75. The number of carboxylic acids is 1. The van der Waals surface area contributed by atoms with Crippen LogP contribution in [0, 0.1) is 0 Å². The van der Waals surface area contributed by atoms with Gasteiger partial charge < -0.3 is 14.7 Å². The molecule has 1 fully saturated rings. The van der Waals surface area contributed by atoms with Gasteiger partial charge in [0.2, 0.25) is 5.91 Å². The summed E-state index contributed by atoms with van der Waals surface area (Å²) >= 11 is 1.46. The highest BCUT2D eigenvalue weighted by Crippen LogP contribution is 2.22. The molecule has 2 atom stereocenters. The van der Waals surface area contributed by atoms with Gasteiger partial charge in [0.15, 0.2) is 4.96 Å². The minimum absolute atomic E-state index is 0.163. The zero-order valence-electron chi connectivity index (χ0n) is 11.4. The second-order valence-corrected chi connectivity index (χ2v) is 5.81. The molecule has 0 aromatic carbocycles. The quantitative estimate of drug-likeness (QED) is 0.896. The lowest BCUT2D eigenvalue weighted by Crippen LogP contribution is -2.41. The predicted octanol–water partition coefficient (Wildman–Crippen LogP) is 0.639. The zero-order chi connectivity index (χ0) is 15.0. The van der Waals surface area contributed by atoms with Crippen molar-refractivity contribution in [2.45, 2.75) is 25.0 Å². The Bertz CT molecular complexity index is 680. The number of rotatable bonds is 4. The molecule has 2 aromatic heterocycles. The van der Waals surface area contributed by atoms with E-state index in [-0.39, 0.29) is 18.4 Å². The number of aliphatic carboxylic acids is 1. The van der Waals surface area contributed by atoms with Crippen molar-refractivity contribution < 1.29 is 19.4 Å². The first-order chi connectivity index (χ1) is 10.1. The fourth-order valence-corrected chi connectivity index (χ4v) is 3.49. The first-order valence-electron chi connectivity index (χ1n) is 6.54. The summed E-state index contributed by atoms with van der Waals surface area (Å²) < 4.78 is 7.04. The number of amides is 1. The lowest BCUT2D eigenvalue weighted by Gasteiger charge is -2.21. The van der Waals surface area contributed by atoms with Crippen LogP contribution in [0.15, 0.2) is 17.8 Å². The highest BCUT2D eigenvalue weighted by atomic mass is 32.1. The van der Waals surface area contributed by atoms with E-state index in [1.54, 1.807) is 12.4 Å². The molecule has 112 valence electrons. The highest BCUT2D eigenvalue weighted by Gasteiger charge is 2.39. The Balaban J connectivity index is 1.78. The number of thiazole rings is 1. The molecule has 2 unspecified atom stereocenters. The number of imidazole rings is 1. The van der Waals surface area contributed by atoms with Gasteiger partial charge in [-0.3, -0.25) is 9.20 Å². The van der Waals surface area contributed by atoms with Crippen molar-refractivity contribution in [1.82, 2.24) is 14.3 Å². The summed E-state index contributed by atoms with van der Waals surface area (Å²) in [6.07, 6.45) is 3.76. The Morgan fingerprint density at radius 3 is 3.10 bits per heavy atom. The molecule has 8 heteroatoms. The van der Waals surface area contributed by atoms with Crippen molar-refractivity contribution in [2.75, 3.05) is 13.7 Å². The van der Waals surface area contributed by atoms with Gasteiger partial charge in [-0.2, -0.15) is 0 Å². The Labute approximate surface area is 124 Å². The molecular formula is C13H15N3O4S. The monoisotopic (exact) mass is 309 g/mol. The molecule has 0 radical (unpaired) electrons. The largest absolute Gasteiger partial charge is 0.480 e. The number of likely N-dealkylation sites (tertiary alicyclic amines) is 1. The maximum Gasteiger partial charge on any atom is 0.326 e. The third-order valence-corrected chi connectivity index (χ3v) is 4.65. The Hall–Kier alpha value is -1.93. The van der Waals surface area contributed by atoms with E-state index in [1.165, 1.54) is 23.3 Å². The van der Waals surface area contributed by atoms with Gasteiger partial charge in [0.1, 0.15) is 6.04 Å². The van der Waals surface area contributed by atoms with Crippen LogP contribution in [0.2, 0.25) is 0 Å². The van der Waals surface area contributed by atoms with Crippen LogP contribution in [0.1, 0.15) is 12.1 Å². The van der Waals surface area contributed by atoms with E-state index in [4.69, 9.17) is 4.74 Å². The molecule has 7 nitrogen and oxygen atoms in total. The standard InChI is InChI=1S/C13H15N3O4S/c1-20-9-5-10(12(18)19)16(6-9)11(17)4-8-7-21-13-14-2-3-15(8)13/h2-3,7,9-10H,4-6H2,1H3,(H,18,19). The third kappa shape index (κ3) is 2.52. The average molecular weight is 309 g/mol. The van der Waals surface area contributed by atoms with Crippen LogP contribution in [-0.4, -0.2) is 57.1 Å². The van der Waals surface area contributed by atoms with E-state index in [9.17, 15) is 14.7 Å². The second kappa shape index (κ2) is 5.45. The SMILES string of the molecule is COC1CC(C(=O)O)N(C(=O)Cc2csc3nccn23)C1. The van der Waals surface area contributed by atoms with Crippen LogP contribution < -0.4 is 0 Å². The summed E-state index contributed by atoms with van der Waals surface area (Å²) in [5.74, 6) is -1.18. The van der Waals surface area contributed by atoms with E-state index >= 15 is 0 Å². The fourth-order valence-electron chi connectivity index (χ4n) is 2.63. The molecule has 1 aliphatic rings. The number of ether oxygens (including phenoxy) is 1. The van der Waals surface area contributed by atoms with Crippen molar-refractivity contribution in [1.29, 1.82) is 0 Å².